The molecule has 154 valence electrons. The van der Waals surface area contributed by atoms with Gasteiger partial charge in [0.1, 0.15) is 23.4 Å². The zero-order valence-electron chi connectivity index (χ0n) is 16.4. The fraction of sp³-hybridized carbons (Fsp3) is 0.364. The summed E-state index contributed by atoms with van der Waals surface area (Å²) < 4.78 is 24.1. The molecule has 2 aromatic rings. The van der Waals surface area contributed by atoms with Gasteiger partial charge in [-0.1, -0.05) is 12.1 Å². The number of ketones is 1. The van der Waals surface area contributed by atoms with Crippen LogP contribution in [0, 0.1) is 5.82 Å². The average molecular weight is 400 g/mol. The molecule has 1 heterocycles. The largest absolute Gasteiger partial charge is 0.488 e. The number of hydrogen-bond acceptors (Lipinski definition) is 5. The number of nitrogens with zero attached hydrogens (tertiary/aromatic N) is 1. The van der Waals surface area contributed by atoms with Crippen LogP contribution in [0.5, 0.6) is 11.5 Å². The van der Waals surface area contributed by atoms with Gasteiger partial charge >= 0.3 is 0 Å². The van der Waals surface area contributed by atoms with Gasteiger partial charge in [-0.25, -0.2) is 4.39 Å². The Labute approximate surface area is 169 Å². The van der Waals surface area contributed by atoms with Crippen LogP contribution in [0.4, 0.5) is 4.39 Å². The summed E-state index contributed by atoms with van der Waals surface area (Å²) in [5, 5.41) is 2.83. The Hall–Kier alpha value is -2.93. The van der Waals surface area contributed by atoms with Gasteiger partial charge in [0.15, 0.2) is 12.4 Å². The molecule has 1 saturated heterocycles. The highest BCUT2D eigenvalue weighted by Gasteiger charge is 2.27. The minimum absolute atomic E-state index is 0.0452. The summed E-state index contributed by atoms with van der Waals surface area (Å²) in [4.78, 5) is 25.5. The topological polar surface area (TPSA) is 67.9 Å². The number of benzene rings is 2. The molecule has 1 fully saturated rings. The van der Waals surface area contributed by atoms with E-state index >= 15 is 0 Å². The molecule has 0 radical (unpaired) electrons. The molecular weight excluding hydrogens is 375 g/mol. The quantitative estimate of drug-likeness (QED) is 0.491. The minimum Gasteiger partial charge on any atom is -0.488 e. The SMILES string of the molecule is CC(=O)c1cccc(OCC(=O)NCCCN2CC(Oc3ccc(F)cc3)C2)c1. The van der Waals surface area contributed by atoms with Crippen LogP contribution in [0.3, 0.4) is 0 Å². The van der Waals surface area contributed by atoms with Crippen molar-refractivity contribution in [3.05, 3.63) is 59.9 Å². The number of nitrogens with one attached hydrogen (secondary N) is 1. The van der Waals surface area contributed by atoms with Crippen molar-refractivity contribution in [2.75, 3.05) is 32.8 Å². The lowest BCUT2D eigenvalue weighted by molar-refractivity contribution is -0.123. The molecule has 29 heavy (non-hydrogen) atoms. The molecule has 0 spiro atoms. The van der Waals surface area contributed by atoms with E-state index in [4.69, 9.17) is 9.47 Å². The van der Waals surface area contributed by atoms with Gasteiger partial charge in [0.25, 0.3) is 5.91 Å². The highest BCUT2D eigenvalue weighted by molar-refractivity contribution is 5.94. The lowest BCUT2D eigenvalue weighted by Gasteiger charge is -2.39. The molecule has 1 N–H and O–H groups in total. The Morgan fingerprint density at radius 2 is 1.90 bits per heavy atom. The van der Waals surface area contributed by atoms with E-state index in [1.165, 1.54) is 19.1 Å². The molecular formula is C22H25FN2O4. The number of carbonyl (C=O) groups is 2. The maximum atomic E-state index is 12.9. The lowest BCUT2D eigenvalue weighted by Crippen LogP contribution is -2.54. The number of likely N-dealkylation sites (tertiary alicyclic amines) is 1. The fourth-order valence-corrected chi connectivity index (χ4v) is 3.02. The second kappa shape index (κ2) is 10.0. The molecule has 7 heteroatoms. The Bertz CT molecular complexity index is 835. The van der Waals surface area contributed by atoms with Crippen molar-refractivity contribution in [3.63, 3.8) is 0 Å². The van der Waals surface area contributed by atoms with Crippen molar-refractivity contribution in [2.45, 2.75) is 19.4 Å². The summed E-state index contributed by atoms with van der Waals surface area (Å²) >= 11 is 0. The van der Waals surface area contributed by atoms with E-state index in [1.807, 2.05) is 0 Å². The van der Waals surface area contributed by atoms with E-state index in [1.54, 1.807) is 36.4 Å². The van der Waals surface area contributed by atoms with Crippen molar-refractivity contribution in [1.29, 1.82) is 0 Å². The Kier molecular flexibility index (Phi) is 7.19. The zero-order valence-corrected chi connectivity index (χ0v) is 16.4. The first-order valence-corrected chi connectivity index (χ1v) is 9.64. The Morgan fingerprint density at radius 3 is 2.62 bits per heavy atom. The van der Waals surface area contributed by atoms with Crippen molar-refractivity contribution < 1.29 is 23.5 Å². The number of halogens is 1. The van der Waals surface area contributed by atoms with E-state index in [-0.39, 0.29) is 30.2 Å². The third-order valence-electron chi connectivity index (χ3n) is 4.62. The molecule has 2 aromatic carbocycles. The Balaban J connectivity index is 1.25. The minimum atomic E-state index is -0.274. The van der Waals surface area contributed by atoms with Crippen LogP contribution in [-0.2, 0) is 4.79 Å². The summed E-state index contributed by atoms with van der Waals surface area (Å²) in [6.07, 6.45) is 0.948. The van der Waals surface area contributed by atoms with Crippen molar-refractivity contribution in [2.24, 2.45) is 0 Å². The maximum Gasteiger partial charge on any atom is 0.257 e. The number of rotatable bonds is 10. The highest BCUT2D eigenvalue weighted by Crippen LogP contribution is 2.18. The molecule has 0 bridgehead atoms. The summed E-state index contributed by atoms with van der Waals surface area (Å²) in [5.74, 6) is 0.665. The molecule has 0 aromatic heterocycles. The lowest BCUT2D eigenvalue weighted by atomic mass is 10.1. The van der Waals surface area contributed by atoms with Gasteiger partial charge in [-0.3, -0.25) is 14.5 Å². The smallest absolute Gasteiger partial charge is 0.257 e. The molecule has 6 nitrogen and oxygen atoms in total. The third kappa shape index (κ3) is 6.57. The van der Waals surface area contributed by atoms with E-state index < -0.39 is 0 Å². The average Bonchev–Trinajstić information content (AvgIpc) is 2.69. The van der Waals surface area contributed by atoms with Crippen LogP contribution in [0.15, 0.2) is 48.5 Å². The van der Waals surface area contributed by atoms with Crippen LogP contribution in [0.25, 0.3) is 0 Å². The van der Waals surface area contributed by atoms with Crippen LogP contribution < -0.4 is 14.8 Å². The predicted octanol–water partition coefficient (Wildman–Crippen LogP) is 2.68. The first-order valence-electron chi connectivity index (χ1n) is 9.64. The fourth-order valence-electron chi connectivity index (χ4n) is 3.02. The second-order valence-electron chi connectivity index (χ2n) is 7.03. The van der Waals surface area contributed by atoms with Gasteiger partial charge < -0.3 is 14.8 Å². The molecule has 1 amide bonds. The van der Waals surface area contributed by atoms with Crippen LogP contribution in [0.1, 0.15) is 23.7 Å². The first-order chi connectivity index (χ1) is 14.0. The van der Waals surface area contributed by atoms with Gasteiger partial charge in [0, 0.05) is 31.7 Å². The molecule has 0 aliphatic carbocycles. The molecule has 0 saturated carbocycles. The van der Waals surface area contributed by atoms with E-state index in [0.717, 1.165) is 26.1 Å². The number of hydrogen-bond donors (Lipinski definition) is 1. The Morgan fingerprint density at radius 1 is 1.14 bits per heavy atom. The maximum absolute atomic E-state index is 12.9. The summed E-state index contributed by atoms with van der Waals surface area (Å²) in [6.45, 7) is 4.47. The van der Waals surface area contributed by atoms with Gasteiger partial charge in [0.05, 0.1) is 0 Å². The number of ether oxygens (including phenoxy) is 2. The first kappa shape index (κ1) is 20.8. The number of carbonyl (C=O) groups excluding carboxylic acids is 2. The van der Waals surface area contributed by atoms with Crippen molar-refractivity contribution in [1.82, 2.24) is 10.2 Å². The third-order valence-corrected chi connectivity index (χ3v) is 4.62. The monoisotopic (exact) mass is 400 g/mol. The standard InChI is InChI=1S/C22H25FN2O4/c1-16(26)17-4-2-5-20(12-17)28-15-22(27)24-10-3-11-25-13-21(14-25)29-19-8-6-18(23)7-9-19/h2,4-9,12,21H,3,10-11,13-15H2,1H3,(H,24,27). The predicted molar refractivity (Wildman–Crippen MR) is 107 cm³/mol. The summed E-state index contributed by atoms with van der Waals surface area (Å²) in [5.41, 5.74) is 0.555. The summed E-state index contributed by atoms with van der Waals surface area (Å²) in [7, 11) is 0. The van der Waals surface area contributed by atoms with Crippen LogP contribution in [-0.4, -0.2) is 55.5 Å². The molecule has 1 aliphatic heterocycles. The molecule has 0 unspecified atom stereocenters. The van der Waals surface area contributed by atoms with Gasteiger partial charge in [-0.15, -0.1) is 0 Å². The van der Waals surface area contributed by atoms with Crippen molar-refractivity contribution >= 4 is 11.7 Å². The van der Waals surface area contributed by atoms with E-state index in [0.29, 0.717) is 23.6 Å². The number of Topliss-reactive ketones (excluding diaryl/α,β-unsaturated/α-hetero) is 1. The zero-order chi connectivity index (χ0) is 20.6. The molecule has 1 aliphatic rings. The normalized spacial score (nSPS) is 14.1. The van der Waals surface area contributed by atoms with Crippen LogP contribution in [0.2, 0.25) is 0 Å². The number of amides is 1. The summed E-state index contributed by atoms with van der Waals surface area (Å²) in [6, 6.07) is 12.8. The van der Waals surface area contributed by atoms with Crippen LogP contribution >= 0.6 is 0 Å². The molecule has 3 rings (SSSR count). The highest BCUT2D eigenvalue weighted by atomic mass is 19.1. The van der Waals surface area contributed by atoms with E-state index in [2.05, 4.69) is 10.2 Å². The van der Waals surface area contributed by atoms with Gasteiger partial charge in [-0.2, -0.15) is 0 Å². The van der Waals surface area contributed by atoms with Crippen molar-refractivity contribution in [3.8, 4) is 11.5 Å². The van der Waals surface area contributed by atoms with Gasteiger partial charge in [-0.05, 0) is 49.7 Å². The van der Waals surface area contributed by atoms with E-state index in [9.17, 15) is 14.0 Å². The van der Waals surface area contributed by atoms with Gasteiger partial charge in [0.2, 0.25) is 0 Å². The second-order valence-corrected chi connectivity index (χ2v) is 7.03. The molecule has 0 atom stereocenters.